The summed E-state index contributed by atoms with van der Waals surface area (Å²) < 4.78 is 24.7. The van der Waals surface area contributed by atoms with Crippen LogP contribution in [0.25, 0.3) is 22.8 Å². The molecule has 2 heterocycles. The van der Waals surface area contributed by atoms with Gasteiger partial charge in [0.25, 0.3) is 5.89 Å². The second-order valence-electron chi connectivity index (χ2n) is 5.11. The molecule has 0 aliphatic rings. The Morgan fingerprint density at radius 3 is 2.64 bits per heavy atom. The zero-order valence-corrected chi connectivity index (χ0v) is 12.9. The van der Waals surface area contributed by atoms with Crippen LogP contribution in [-0.2, 0) is 6.61 Å². The number of hydrogen-bond acceptors (Lipinski definition) is 6. The number of hydrogen-bond donors (Lipinski definition) is 1. The van der Waals surface area contributed by atoms with Crippen LogP contribution in [0.15, 0.2) is 59.4 Å². The standard InChI is InChI=1S/C17H12FN5O2/c18-13-7-3-1-5-11(13)17-21-15(25-23-17)9-24-14-8-4-2-6-12(14)16-19-10-20-22-16/h1-8,10H,9H2,(H,19,20,22). The molecule has 2 aromatic heterocycles. The topological polar surface area (TPSA) is 89.7 Å². The van der Waals surface area contributed by atoms with E-state index in [1.165, 1.54) is 12.4 Å². The lowest BCUT2D eigenvalue weighted by atomic mass is 10.2. The summed E-state index contributed by atoms with van der Waals surface area (Å²) in [6, 6.07) is 13.6. The molecule has 7 nitrogen and oxygen atoms in total. The van der Waals surface area contributed by atoms with Gasteiger partial charge in [-0.3, -0.25) is 5.10 Å². The summed E-state index contributed by atoms with van der Waals surface area (Å²) in [6.45, 7) is 0.0482. The highest BCUT2D eigenvalue weighted by atomic mass is 19.1. The van der Waals surface area contributed by atoms with E-state index in [2.05, 4.69) is 25.3 Å². The van der Waals surface area contributed by atoms with Crippen LogP contribution in [0.4, 0.5) is 4.39 Å². The molecule has 0 radical (unpaired) electrons. The molecule has 0 unspecified atom stereocenters. The highest BCUT2D eigenvalue weighted by Crippen LogP contribution is 2.27. The van der Waals surface area contributed by atoms with E-state index in [4.69, 9.17) is 9.26 Å². The van der Waals surface area contributed by atoms with Gasteiger partial charge >= 0.3 is 0 Å². The van der Waals surface area contributed by atoms with Crippen LogP contribution >= 0.6 is 0 Å². The van der Waals surface area contributed by atoms with E-state index < -0.39 is 5.82 Å². The third-order valence-electron chi connectivity index (χ3n) is 3.49. The number of aromatic amines is 1. The first-order valence-corrected chi connectivity index (χ1v) is 7.46. The highest BCUT2D eigenvalue weighted by Gasteiger charge is 2.14. The molecule has 4 aromatic rings. The summed E-state index contributed by atoms with van der Waals surface area (Å²) in [5, 5.41) is 10.4. The fourth-order valence-electron chi connectivity index (χ4n) is 2.33. The maximum atomic E-state index is 13.8. The molecule has 0 amide bonds. The molecule has 0 spiro atoms. The molecule has 0 atom stereocenters. The van der Waals surface area contributed by atoms with Crippen LogP contribution in [0.1, 0.15) is 5.89 Å². The van der Waals surface area contributed by atoms with Crippen molar-refractivity contribution in [1.29, 1.82) is 0 Å². The number of nitrogens with one attached hydrogen (secondary N) is 1. The first kappa shape index (κ1) is 15.0. The van der Waals surface area contributed by atoms with Crippen LogP contribution in [0.3, 0.4) is 0 Å². The largest absolute Gasteiger partial charge is 0.483 e. The lowest BCUT2D eigenvalue weighted by Gasteiger charge is -2.07. The summed E-state index contributed by atoms with van der Waals surface area (Å²) in [5.74, 6) is 1.19. The van der Waals surface area contributed by atoms with Crippen molar-refractivity contribution in [3.63, 3.8) is 0 Å². The highest BCUT2D eigenvalue weighted by molar-refractivity contribution is 5.63. The van der Waals surface area contributed by atoms with Crippen molar-refractivity contribution in [3.05, 3.63) is 66.6 Å². The van der Waals surface area contributed by atoms with Crippen molar-refractivity contribution in [2.24, 2.45) is 0 Å². The van der Waals surface area contributed by atoms with Gasteiger partial charge in [0.05, 0.1) is 11.1 Å². The molecular weight excluding hydrogens is 325 g/mol. The zero-order chi connectivity index (χ0) is 17.1. The number of nitrogens with zero attached hydrogens (tertiary/aromatic N) is 4. The van der Waals surface area contributed by atoms with E-state index in [0.29, 0.717) is 11.6 Å². The summed E-state index contributed by atoms with van der Waals surface area (Å²) in [7, 11) is 0. The molecule has 8 heteroatoms. The Morgan fingerprint density at radius 2 is 1.84 bits per heavy atom. The SMILES string of the molecule is Fc1ccccc1-c1noc(COc2ccccc2-c2ncn[nH]2)n1. The van der Waals surface area contributed by atoms with Crippen LogP contribution in [0.2, 0.25) is 0 Å². The van der Waals surface area contributed by atoms with E-state index >= 15 is 0 Å². The van der Waals surface area contributed by atoms with Gasteiger partial charge in [0.2, 0.25) is 5.82 Å². The second-order valence-corrected chi connectivity index (χ2v) is 5.11. The summed E-state index contributed by atoms with van der Waals surface area (Å²) in [5.41, 5.74) is 1.04. The monoisotopic (exact) mass is 337 g/mol. The minimum Gasteiger partial charge on any atom is -0.483 e. The predicted octanol–water partition coefficient (Wildman–Crippen LogP) is 3.24. The Morgan fingerprint density at radius 1 is 1.04 bits per heavy atom. The van der Waals surface area contributed by atoms with Crippen molar-refractivity contribution in [1.82, 2.24) is 25.3 Å². The van der Waals surface area contributed by atoms with Crippen LogP contribution in [0.5, 0.6) is 5.75 Å². The van der Waals surface area contributed by atoms with E-state index in [0.717, 1.165) is 5.56 Å². The van der Waals surface area contributed by atoms with Crippen LogP contribution < -0.4 is 4.74 Å². The van der Waals surface area contributed by atoms with Gasteiger partial charge < -0.3 is 9.26 Å². The fraction of sp³-hybridized carbons (Fsp3) is 0.0588. The molecule has 0 aliphatic carbocycles. The summed E-state index contributed by atoms with van der Waals surface area (Å²) in [6.07, 6.45) is 1.42. The van der Waals surface area contributed by atoms with Gasteiger partial charge in [-0.05, 0) is 24.3 Å². The Kier molecular flexibility index (Phi) is 3.91. The first-order chi connectivity index (χ1) is 12.3. The third-order valence-corrected chi connectivity index (χ3v) is 3.49. The average molecular weight is 337 g/mol. The Labute approximate surface area is 141 Å². The van der Waals surface area contributed by atoms with Gasteiger partial charge in [-0.15, -0.1) is 0 Å². The minimum atomic E-state index is -0.411. The molecular formula is C17H12FN5O2. The first-order valence-electron chi connectivity index (χ1n) is 7.46. The van der Waals surface area contributed by atoms with Crippen molar-refractivity contribution in [2.75, 3.05) is 0 Å². The van der Waals surface area contributed by atoms with E-state index in [-0.39, 0.29) is 23.9 Å². The van der Waals surface area contributed by atoms with Gasteiger partial charge in [0.1, 0.15) is 17.9 Å². The van der Waals surface area contributed by atoms with Gasteiger partial charge in [-0.1, -0.05) is 29.4 Å². The second kappa shape index (κ2) is 6.52. The number of ether oxygens (including phenoxy) is 1. The fourth-order valence-corrected chi connectivity index (χ4v) is 2.33. The smallest absolute Gasteiger partial charge is 0.264 e. The molecule has 0 saturated carbocycles. The van der Waals surface area contributed by atoms with Crippen molar-refractivity contribution >= 4 is 0 Å². The number of halogens is 1. The van der Waals surface area contributed by atoms with E-state index in [9.17, 15) is 4.39 Å². The van der Waals surface area contributed by atoms with E-state index in [1.807, 2.05) is 18.2 Å². The molecule has 4 rings (SSSR count). The zero-order valence-electron chi connectivity index (χ0n) is 12.9. The molecule has 1 N–H and O–H groups in total. The quantitative estimate of drug-likeness (QED) is 0.601. The number of rotatable bonds is 5. The predicted molar refractivity (Wildman–Crippen MR) is 85.8 cm³/mol. The number of aromatic nitrogens is 5. The van der Waals surface area contributed by atoms with Crippen LogP contribution in [0, 0.1) is 5.82 Å². The minimum absolute atomic E-state index is 0.0482. The Balaban J connectivity index is 1.53. The van der Waals surface area contributed by atoms with Gasteiger partial charge in [0.15, 0.2) is 12.4 Å². The molecule has 0 bridgehead atoms. The normalized spacial score (nSPS) is 10.8. The number of H-pyrrole nitrogens is 1. The Bertz CT molecular complexity index is 984. The van der Waals surface area contributed by atoms with Crippen molar-refractivity contribution in [2.45, 2.75) is 6.61 Å². The van der Waals surface area contributed by atoms with Crippen LogP contribution in [-0.4, -0.2) is 25.3 Å². The molecule has 124 valence electrons. The summed E-state index contributed by atoms with van der Waals surface area (Å²) in [4.78, 5) is 8.29. The van der Waals surface area contributed by atoms with Gasteiger partial charge in [-0.25, -0.2) is 9.37 Å². The molecule has 25 heavy (non-hydrogen) atoms. The maximum Gasteiger partial charge on any atom is 0.264 e. The van der Waals surface area contributed by atoms with Crippen molar-refractivity contribution in [3.8, 4) is 28.5 Å². The molecule has 2 aromatic carbocycles. The number of para-hydroxylation sites is 1. The van der Waals surface area contributed by atoms with Gasteiger partial charge in [0, 0.05) is 0 Å². The van der Waals surface area contributed by atoms with E-state index in [1.54, 1.807) is 24.3 Å². The number of benzene rings is 2. The van der Waals surface area contributed by atoms with Crippen molar-refractivity contribution < 1.29 is 13.7 Å². The average Bonchev–Trinajstić information content (AvgIpc) is 3.33. The molecule has 0 aliphatic heterocycles. The lowest BCUT2D eigenvalue weighted by Crippen LogP contribution is -1.98. The maximum absolute atomic E-state index is 13.8. The van der Waals surface area contributed by atoms with Gasteiger partial charge in [-0.2, -0.15) is 10.1 Å². The lowest BCUT2D eigenvalue weighted by molar-refractivity contribution is 0.243. The molecule has 0 fully saturated rings. The summed E-state index contributed by atoms with van der Waals surface area (Å²) >= 11 is 0. The third kappa shape index (κ3) is 3.09. The Hall–Kier alpha value is -3.55. The molecule has 0 saturated heterocycles.